The summed E-state index contributed by atoms with van der Waals surface area (Å²) < 4.78 is 19.0. The van der Waals surface area contributed by atoms with E-state index in [1.807, 2.05) is 17.8 Å². The van der Waals surface area contributed by atoms with Crippen LogP contribution >= 0.6 is 11.8 Å². The Bertz CT molecular complexity index is 599. The third-order valence-corrected chi connectivity index (χ3v) is 5.00. The van der Waals surface area contributed by atoms with Gasteiger partial charge in [-0.15, -0.1) is 10.2 Å². The van der Waals surface area contributed by atoms with Gasteiger partial charge in [-0.1, -0.05) is 12.1 Å². The Kier molecular flexibility index (Phi) is 4.05. The molecule has 1 aliphatic carbocycles. The second-order valence-electron chi connectivity index (χ2n) is 5.02. The fourth-order valence-corrected chi connectivity index (χ4v) is 3.91. The highest BCUT2D eigenvalue weighted by molar-refractivity contribution is 7.99. The Morgan fingerprint density at radius 3 is 3.10 bits per heavy atom. The van der Waals surface area contributed by atoms with E-state index in [-0.39, 0.29) is 5.82 Å². The molecule has 0 fully saturated rings. The lowest BCUT2D eigenvalue weighted by Gasteiger charge is -2.10. The van der Waals surface area contributed by atoms with Gasteiger partial charge in [-0.25, -0.2) is 4.39 Å². The van der Waals surface area contributed by atoms with Crippen LogP contribution in [0.15, 0.2) is 22.6 Å². The maximum Gasteiger partial charge on any atom is 0.216 e. The Morgan fingerprint density at radius 1 is 1.40 bits per heavy atom. The van der Waals surface area contributed by atoms with Gasteiger partial charge in [-0.2, -0.15) is 11.8 Å². The van der Waals surface area contributed by atoms with E-state index in [0.29, 0.717) is 17.0 Å². The summed E-state index contributed by atoms with van der Waals surface area (Å²) in [5.74, 6) is 2.31. The fourth-order valence-electron chi connectivity index (χ4n) is 2.63. The number of thioether (sulfide) groups is 1. The van der Waals surface area contributed by atoms with E-state index in [2.05, 4.69) is 16.3 Å². The zero-order valence-electron chi connectivity index (χ0n) is 11.4. The molecule has 0 radical (unpaired) electrons. The third-order valence-electron chi connectivity index (χ3n) is 3.58. The van der Waals surface area contributed by atoms with Crippen molar-refractivity contribution in [2.75, 3.05) is 5.75 Å². The SMILES string of the molecule is Cc1nnc(CCCS[C@H]2CCc3c(F)cccc32)o1. The average Bonchev–Trinajstić information content (AvgIpc) is 3.02. The average molecular weight is 292 g/mol. The monoisotopic (exact) mass is 292 g/mol. The van der Waals surface area contributed by atoms with Crippen LogP contribution in [0.5, 0.6) is 0 Å². The van der Waals surface area contributed by atoms with Gasteiger partial charge in [0, 0.05) is 18.6 Å². The first-order valence-corrected chi connectivity index (χ1v) is 7.97. The van der Waals surface area contributed by atoms with Gasteiger partial charge in [0.25, 0.3) is 0 Å². The van der Waals surface area contributed by atoms with Gasteiger partial charge in [-0.05, 0) is 42.2 Å². The summed E-state index contributed by atoms with van der Waals surface area (Å²) in [6.07, 6.45) is 3.73. The van der Waals surface area contributed by atoms with Crippen molar-refractivity contribution in [3.63, 3.8) is 0 Å². The molecule has 0 aliphatic heterocycles. The van der Waals surface area contributed by atoms with Crippen LogP contribution in [0.2, 0.25) is 0 Å². The molecule has 0 saturated carbocycles. The number of nitrogens with zero attached hydrogens (tertiary/aromatic N) is 2. The number of aryl methyl sites for hydroxylation is 2. The normalized spacial score (nSPS) is 17.4. The predicted molar refractivity (Wildman–Crippen MR) is 77.3 cm³/mol. The molecule has 0 amide bonds. The van der Waals surface area contributed by atoms with Crippen LogP contribution in [0.3, 0.4) is 0 Å². The highest BCUT2D eigenvalue weighted by Gasteiger charge is 2.24. The summed E-state index contributed by atoms with van der Waals surface area (Å²) in [5.41, 5.74) is 2.10. The number of benzene rings is 1. The number of hydrogen-bond donors (Lipinski definition) is 0. The molecule has 1 aromatic carbocycles. The Hall–Kier alpha value is -1.36. The van der Waals surface area contributed by atoms with Gasteiger partial charge in [0.2, 0.25) is 11.8 Å². The largest absolute Gasteiger partial charge is 0.426 e. The van der Waals surface area contributed by atoms with E-state index < -0.39 is 0 Å². The molecule has 5 heteroatoms. The van der Waals surface area contributed by atoms with Crippen LogP contribution in [0.4, 0.5) is 4.39 Å². The van der Waals surface area contributed by atoms with Crippen LogP contribution in [0, 0.1) is 12.7 Å². The van der Waals surface area contributed by atoms with Crippen molar-refractivity contribution in [3.8, 4) is 0 Å². The Balaban J connectivity index is 1.50. The van der Waals surface area contributed by atoms with E-state index in [9.17, 15) is 4.39 Å². The summed E-state index contributed by atoms with van der Waals surface area (Å²) in [6, 6.07) is 5.43. The lowest BCUT2D eigenvalue weighted by atomic mass is 10.1. The standard InChI is InChI=1S/C15H17FN2OS/c1-10-17-18-15(19-10)6-3-9-20-14-8-7-11-12(14)4-2-5-13(11)16/h2,4-5,14H,3,6-9H2,1H3/t14-/m0/s1. The maximum atomic E-state index is 13.6. The fraction of sp³-hybridized carbons (Fsp3) is 0.467. The van der Waals surface area contributed by atoms with E-state index >= 15 is 0 Å². The number of halogens is 1. The van der Waals surface area contributed by atoms with Crippen LogP contribution in [0.25, 0.3) is 0 Å². The Labute approximate surface area is 122 Å². The summed E-state index contributed by atoms with van der Waals surface area (Å²) in [7, 11) is 0. The lowest BCUT2D eigenvalue weighted by Crippen LogP contribution is -1.93. The first-order chi connectivity index (χ1) is 9.74. The van der Waals surface area contributed by atoms with Crippen molar-refractivity contribution in [2.24, 2.45) is 0 Å². The van der Waals surface area contributed by atoms with Crippen molar-refractivity contribution in [1.29, 1.82) is 0 Å². The van der Waals surface area contributed by atoms with Gasteiger partial charge in [0.15, 0.2) is 0 Å². The summed E-state index contributed by atoms with van der Waals surface area (Å²) >= 11 is 1.90. The molecular weight excluding hydrogens is 275 g/mol. The molecular formula is C15H17FN2OS. The number of hydrogen-bond acceptors (Lipinski definition) is 4. The second kappa shape index (κ2) is 5.95. The number of aromatic nitrogens is 2. The summed E-state index contributed by atoms with van der Waals surface area (Å²) in [4.78, 5) is 0. The third kappa shape index (κ3) is 2.87. The van der Waals surface area contributed by atoms with Crippen LogP contribution < -0.4 is 0 Å². The van der Waals surface area contributed by atoms with Crippen LogP contribution in [-0.2, 0) is 12.8 Å². The molecule has 20 heavy (non-hydrogen) atoms. The zero-order chi connectivity index (χ0) is 13.9. The lowest BCUT2D eigenvalue weighted by molar-refractivity contribution is 0.465. The highest BCUT2D eigenvalue weighted by Crippen LogP contribution is 2.42. The minimum absolute atomic E-state index is 0.0491. The highest BCUT2D eigenvalue weighted by atomic mass is 32.2. The van der Waals surface area contributed by atoms with Gasteiger partial charge in [0.05, 0.1) is 0 Å². The van der Waals surface area contributed by atoms with Gasteiger partial charge < -0.3 is 4.42 Å². The topological polar surface area (TPSA) is 38.9 Å². The first kappa shape index (κ1) is 13.6. The van der Waals surface area contributed by atoms with Crippen molar-refractivity contribution in [3.05, 3.63) is 46.9 Å². The molecule has 3 rings (SSSR count). The van der Waals surface area contributed by atoms with Crippen LogP contribution in [0.1, 0.15) is 41.0 Å². The minimum Gasteiger partial charge on any atom is -0.426 e. The van der Waals surface area contributed by atoms with Gasteiger partial charge >= 0.3 is 0 Å². The van der Waals surface area contributed by atoms with Crippen molar-refractivity contribution < 1.29 is 8.81 Å². The molecule has 106 valence electrons. The molecule has 0 N–H and O–H groups in total. The van der Waals surface area contributed by atoms with Crippen molar-refractivity contribution >= 4 is 11.8 Å². The van der Waals surface area contributed by atoms with E-state index in [1.54, 1.807) is 13.0 Å². The Morgan fingerprint density at radius 2 is 2.30 bits per heavy atom. The minimum atomic E-state index is -0.0491. The van der Waals surface area contributed by atoms with E-state index in [0.717, 1.165) is 37.0 Å². The second-order valence-corrected chi connectivity index (χ2v) is 6.33. The summed E-state index contributed by atoms with van der Waals surface area (Å²) in [5, 5.41) is 8.24. The summed E-state index contributed by atoms with van der Waals surface area (Å²) in [6.45, 7) is 1.80. The van der Waals surface area contributed by atoms with Crippen LogP contribution in [-0.4, -0.2) is 16.0 Å². The van der Waals surface area contributed by atoms with Crippen molar-refractivity contribution in [1.82, 2.24) is 10.2 Å². The molecule has 0 spiro atoms. The van der Waals surface area contributed by atoms with Gasteiger partial charge in [-0.3, -0.25) is 0 Å². The van der Waals surface area contributed by atoms with E-state index in [1.165, 1.54) is 5.56 Å². The molecule has 0 saturated heterocycles. The number of rotatable bonds is 5. The van der Waals surface area contributed by atoms with E-state index in [4.69, 9.17) is 4.42 Å². The molecule has 0 unspecified atom stereocenters. The zero-order valence-corrected chi connectivity index (χ0v) is 12.3. The predicted octanol–water partition coefficient (Wildman–Crippen LogP) is 3.87. The molecule has 1 aliphatic rings. The quantitative estimate of drug-likeness (QED) is 0.784. The smallest absolute Gasteiger partial charge is 0.216 e. The maximum absolute atomic E-state index is 13.6. The first-order valence-electron chi connectivity index (χ1n) is 6.92. The van der Waals surface area contributed by atoms with Gasteiger partial charge in [0.1, 0.15) is 5.82 Å². The molecule has 3 nitrogen and oxygen atoms in total. The molecule has 1 heterocycles. The molecule has 1 atom stereocenters. The number of fused-ring (bicyclic) bond motifs is 1. The molecule has 0 bridgehead atoms. The molecule has 1 aromatic heterocycles. The van der Waals surface area contributed by atoms with Crippen molar-refractivity contribution in [2.45, 2.75) is 37.9 Å². The molecule has 2 aromatic rings.